The topological polar surface area (TPSA) is 395 Å². The number of fused-ring (bicyclic) bond motifs is 20. The average molecular weight is 969 g/mol. The van der Waals surface area contributed by atoms with Crippen LogP contribution in [0.3, 0.4) is 0 Å². The minimum Gasteiger partial charge on any atom is -0.665 e. The van der Waals surface area contributed by atoms with Crippen LogP contribution in [0.5, 0.6) is 0 Å². The van der Waals surface area contributed by atoms with Gasteiger partial charge in [0.25, 0.3) is 0 Å². The molecule has 9 fully saturated rings. The molecule has 8 atom stereocenters. The van der Waals surface area contributed by atoms with E-state index in [4.69, 9.17) is 79.2 Å². The number of hydrogen-bond acceptors (Lipinski definition) is 16. The molecule has 376 valence electrons. The summed E-state index contributed by atoms with van der Waals surface area (Å²) in [6.45, 7) is 4.00. The van der Waals surface area contributed by atoms with Gasteiger partial charge in [0.2, 0.25) is 0 Å². The third kappa shape index (κ3) is 18.6. The van der Waals surface area contributed by atoms with E-state index in [9.17, 15) is 0 Å². The molecule has 9 aliphatic rings. The summed E-state index contributed by atoms with van der Waals surface area (Å²) >= 11 is 0. The van der Waals surface area contributed by atoms with Crippen LogP contribution < -0.4 is 42.5 Å². The van der Waals surface area contributed by atoms with Crippen molar-refractivity contribution in [3.05, 3.63) is 0 Å². The molecule has 4 aliphatic carbocycles. The van der Waals surface area contributed by atoms with Gasteiger partial charge in [-0.2, -0.15) is 0 Å². The first-order valence-electron chi connectivity index (χ1n) is 21.3. The molecule has 0 aromatic heterocycles. The van der Waals surface area contributed by atoms with Crippen molar-refractivity contribution in [1.29, 1.82) is 0 Å². The van der Waals surface area contributed by atoms with Crippen LogP contribution in [0, 0.1) is 47.3 Å². The van der Waals surface area contributed by atoms with E-state index in [1.54, 1.807) is 0 Å². The minimum absolute atomic E-state index is 0. The van der Waals surface area contributed by atoms with Gasteiger partial charge in [0, 0.05) is 17.1 Å². The summed E-state index contributed by atoms with van der Waals surface area (Å²) in [5.41, 5.74) is 0. The number of rotatable bonds is 0. The zero-order valence-electron chi connectivity index (χ0n) is 35.7. The molecule has 0 aromatic rings. The van der Waals surface area contributed by atoms with Crippen LogP contribution in [-0.2, 0) is 55.4 Å². The summed E-state index contributed by atoms with van der Waals surface area (Å²) in [5.74, 6) is 5.97. The second-order valence-corrected chi connectivity index (χ2v) is 16.3. The fourth-order valence-electron chi connectivity index (χ4n) is 12.0. The van der Waals surface area contributed by atoms with E-state index < -0.39 is 0 Å². The standard InChI is InChI=1S/C32H56N8.8CHO2.Fe/c1-2-10-18-17(9-1)25-33-26(18)38-28-21-13-5-6-14-22(21)30(35-28)40-32-24-16-8-7-15-23(24)31(36-32)39-29-20-12-4-3-11-19(20)27(34-29)37-25;8*2-1-3;/h17-40H,1-16H2;8*(H,2,3);/q;8*-1;. The predicted octanol–water partition coefficient (Wildman–Crippen LogP) is -0.504. The van der Waals surface area contributed by atoms with Crippen LogP contribution in [0.4, 0.5) is 0 Å². The van der Waals surface area contributed by atoms with Crippen molar-refractivity contribution < 1.29 is 96.3 Å². The van der Waals surface area contributed by atoms with Crippen LogP contribution in [-0.4, -0.2) is 142 Å². The SMILES string of the molecule is C1CCC2C3NC(NC4NC(NC5NC(NC6NC(N3)C3CCCCC63)C3CCCCC53)C3CCCCC43)C2C1.O=[C-]O.O=[C-]O.O=[C-]O.O=[C-]O.O=[C-]O.O=[C-]O.O=[C-]O.O=[C-]O.[Fe]. The van der Waals surface area contributed by atoms with Crippen LogP contribution in [0.15, 0.2) is 0 Å². The van der Waals surface area contributed by atoms with Gasteiger partial charge in [-0.1, -0.05) is 103 Å². The van der Waals surface area contributed by atoms with Gasteiger partial charge >= 0.3 is 0 Å². The van der Waals surface area contributed by atoms with Crippen molar-refractivity contribution >= 4 is 51.8 Å². The zero-order chi connectivity index (χ0) is 47.9. The van der Waals surface area contributed by atoms with Gasteiger partial charge < -0.3 is 79.2 Å². The largest absolute Gasteiger partial charge is 0.665 e. The monoisotopic (exact) mass is 968 g/mol. The van der Waals surface area contributed by atoms with E-state index in [2.05, 4.69) is 42.5 Å². The quantitative estimate of drug-likeness (QED) is 0.107. The van der Waals surface area contributed by atoms with Crippen molar-refractivity contribution in [1.82, 2.24) is 42.5 Å². The molecule has 0 spiro atoms. The first kappa shape index (κ1) is 61.0. The van der Waals surface area contributed by atoms with Crippen molar-refractivity contribution in [3.8, 4) is 0 Å². The Labute approximate surface area is 389 Å². The van der Waals surface area contributed by atoms with E-state index >= 15 is 0 Å². The van der Waals surface area contributed by atoms with Gasteiger partial charge in [0.15, 0.2) is 0 Å². The van der Waals surface area contributed by atoms with E-state index in [0.717, 1.165) is 47.3 Å². The maximum absolute atomic E-state index is 8.24. The maximum Gasteiger partial charge on any atom is 0.0628 e. The fraction of sp³-hybridized carbons (Fsp3) is 0.800. The first-order valence-corrected chi connectivity index (χ1v) is 21.3. The first-order chi connectivity index (χ1) is 31.1. The van der Waals surface area contributed by atoms with Crippen molar-refractivity contribution in [2.75, 3.05) is 0 Å². The molecule has 5 saturated heterocycles. The molecular weight excluding hydrogens is 904 g/mol. The number of nitrogens with one attached hydrogen (secondary N) is 8. The minimum atomic E-state index is 0. The Hall–Kier alpha value is -4.04. The Morgan fingerprint density at radius 3 is 0.385 bits per heavy atom. The van der Waals surface area contributed by atoms with E-state index in [1.807, 2.05) is 0 Å². The molecule has 65 heavy (non-hydrogen) atoms. The van der Waals surface area contributed by atoms with Crippen LogP contribution in [0.2, 0.25) is 0 Å². The van der Waals surface area contributed by atoms with Gasteiger partial charge in [-0.15, -0.1) is 0 Å². The van der Waals surface area contributed by atoms with Gasteiger partial charge in [-0.05, 0) is 98.7 Å². The van der Waals surface area contributed by atoms with Crippen LogP contribution >= 0.6 is 0 Å². The molecule has 16 N–H and O–H groups in total. The zero-order valence-corrected chi connectivity index (χ0v) is 36.9. The molecule has 4 saturated carbocycles. The summed E-state index contributed by atoms with van der Waals surface area (Å²) in [5, 5.41) is 87.9. The Morgan fingerprint density at radius 2 is 0.308 bits per heavy atom. The Balaban J connectivity index is 0.00000139. The van der Waals surface area contributed by atoms with Crippen molar-refractivity contribution in [2.45, 2.75) is 152 Å². The smallest absolute Gasteiger partial charge is 0.0628 e. The molecule has 25 heteroatoms. The molecule has 8 unspecified atom stereocenters. The summed E-state index contributed by atoms with van der Waals surface area (Å²) in [4.78, 5) is 65.9. The normalized spacial score (nSPS) is 36.9. The molecule has 5 aliphatic heterocycles. The maximum atomic E-state index is 8.24. The Kier molecular flexibility index (Phi) is 33.9. The van der Waals surface area contributed by atoms with Gasteiger partial charge in [-0.25, -0.2) is 0 Å². The summed E-state index contributed by atoms with van der Waals surface area (Å²) in [7, 11) is 0. The molecular formula is C40H64FeN8O16-8. The second kappa shape index (κ2) is 36.1. The molecule has 0 radical (unpaired) electrons. The van der Waals surface area contributed by atoms with Crippen molar-refractivity contribution in [2.24, 2.45) is 47.3 Å². The molecule has 24 nitrogen and oxygen atoms in total. The average Bonchev–Trinajstić information content (AvgIpc) is 4.02. The molecule has 0 aromatic carbocycles. The van der Waals surface area contributed by atoms with E-state index in [-0.39, 0.29) is 17.1 Å². The summed E-state index contributed by atoms with van der Waals surface area (Å²) in [6.07, 6.45) is 25.6. The molecule has 5 heterocycles. The van der Waals surface area contributed by atoms with E-state index in [1.165, 1.54) is 103 Å². The van der Waals surface area contributed by atoms with E-state index in [0.29, 0.717) is 101 Å². The molecule has 0 amide bonds. The third-order valence-corrected chi connectivity index (χ3v) is 13.8. The summed E-state index contributed by atoms with van der Waals surface area (Å²) < 4.78 is 0. The van der Waals surface area contributed by atoms with Gasteiger partial charge in [0.1, 0.15) is 0 Å². The molecule has 9 rings (SSSR count). The Morgan fingerprint density at radius 1 is 0.231 bits per heavy atom. The van der Waals surface area contributed by atoms with Crippen LogP contribution in [0.1, 0.15) is 103 Å². The molecule has 8 bridgehead atoms. The second-order valence-electron chi connectivity index (χ2n) is 16.3. The number of hydrogen-bond donors (Lipinski definition) is 16. The predicted molar refractivity (Wildman–Crippen MR) is 224 cm³/mol. The fourth-order valence-corrected chi connectivity index (χ4v) is 12.0. The summed E-state index contributed by atoms with van der Waals surface area (Å²) in [6, 6.07) is 0. The Bertz CT molecular complexity index is 1060. The van der Waals surface area contributed by atoms with Gasteiger partial charge in [0.05, 0.1) is 49.3 Å². The van der Waals surface area contributed by atoms with Crippen molar-refractivity contribution in [3.63, 3.8) is 0 Å². The van der Waals surface area contributed by atoms with Crippen LogP contribution in [0.25, 0.3) is 0 Å². The van der Waals surface area contributed by atoms with Gasteiger partial charge in [-0.3, -0.25) is 42.5 Å². The third-order valence-electron chi connectivity index (χ3n) is 13.8. The number of aliphatic hydroxyl groups excluding tert-OH is 8.